The van der Waals surface area contributed by atoms with Gasteiger partial charge in [0.2, 0.25) is 5.91 Å². The number of fused-ring (bicyclic) bond motifs is 1. The summed E-state index contributed by atoms with van der Waals surface area (Å²) in [5, 5.41) is 22.1. The number of hydrogen-bond acceptors (Lipinski definition) is 11. The molecule has 0 unspecified atom stereocenters. The Labute approximate surface area is 353 Å². The van der Waals surface area contributed by atoms with E-state index in [9.17, 15) is 19.5 Å². The summed E-state index contributed by atoms with van der Waals surface area (Å²) in [4.78, 5) is 50.2. The summed E-state index contributed by atoms with van der Waals surface area (Å²) in [6, 6.07) is 16.3. The minimum Gasteiger partial charge on any atom is -0.507 e. The molecule has 0 bridgehead atoms. The van der Waals surface area contributed by atoms with E-state index in [2.05, 4.69) is 36.1 Å². The van der Waals surface area contributed by atoms with Gasteiger partial charge < -0.3 is 34.8 Å². The Kier molecular flexibility index (Phi) is 10.8. The zero-order chi connectivity index (χ0) is 42.4. The fourth-order valence-electron chi connectivity index (χ4n) is 9.42. The van der Waals surface area contributed by atoms with Gasteiger partial charge in [-0.3, -0.25) is 19.8 Å². The van der Waals surface area contributed by atoms with Gasteiger partial charge in [-0.05, 0) is 79.8 Å². The lowest BCUT2D eigenvalue weighted by atomic mass is 9.91. The molecular weight excluding hydrogens is 780 g/mol. The molecule has 4 N–H and O–H groups in total. The molecule has 15 nitrogen and oxygen atoms in total. The molecule has 0 radical (unpaired) electrons. The second-order valence-corrected chi connectivity index (χ2v) is 16.9. The van der Waals surface area contributed by atoms with Crippen LogP contribution < -0.4 is 20.9 Å². The predicted molar refractivity (Wildman–Crippen MR) is 229 cm³/mol. The summed E-state index contributed by atoms with van der Waals surface area (Å²) in [7, 11) is 0. The molecule has 3 aromatic heterocycles. The van der Waals surface area contributed by atoms with Crippen molar-refractivity contribution in [2.45, 2.75) is 63.8 Å². The Bertz CT molecular complexity index is 2500. The topological polar surface area (TPSA) is 175 Å². The highest BCUT2D eigenvalue weighted by molar-refractivity contribution is 6.06. The fourth-order valence-corrected chi connectivity index (χ4v) is 9.42. The van der Waals surface area contributed by atoms with Crippen LogP contribution in [0.25, 0.3) is 22.3 Å². The van der Waals surface area contributed by atoms with Gasteiger partial charge in [-0.1, -0.05) is 18.2 Å². The molecule has 0 saturated carbocycles. The molecule has 0 spiro atoms. The Morgan fingerprint density at radius 1 is 0.984 bits per heavy atom. The standard InChI is InChI=1S/C45H51FN10O5/c1-28-21-30(7-8-33(28)39-26-54(19-20-61-39)37-23-36(50-51-41(37)47)34-5-3-4-6-38(34)57)43(59)53-17-12-45(46,13-18-53)27-52-14-9-31(10-15-52)56-25-29(2)35-22-32(24-48-42(35)56)55-16-11-40(58)49-44(55)60/h3-8,21-25,31,39,57H,9-20,26-27H2,1-2H3,(H2,47,51)(H,49,58,60)/t39-/m0/s1. The quantitative estimate of drug-likeness (QED) is 0.175. The van der Waals surface area contributed by atoms with Crippen molar-refractivity contribution in [3.05, 3.63) is 89.2 Å². The second kappa shape index (κ2) is 16.4. The summed E-state index contributed by atoms with van der Waals surface area (Å²) in [5.41, 5.74) is 11.8. The van der Waals surface area contributed by atoms with E-state index in [1.165, 1.54) is 0 Å². The number of carbonyl (C=O) groups excluding carboxylic acids is 3. The third-order valence-corrected chi connectivity index (χ3v) is 12.9. The first-order valence-electron chi connectivity index (χ1n) is 21.1. The number of morpholine rings is 1. The molecule has 7 heterocycles. The van der Waals surface area contributed by atoms with Gasteiger partial charge in [0, 0.05) is 100 Å². The van der Waals surface area contributed by atoms with Crippen molar-refractivity contribution in [2.75, 3.05) is 74.5 Å². The molecule has 0 aliphatic carbocycles. The van der Waals surface area contributed by atoms with Crippen LogP contribution in [0, 0.1) is 13.8 Å². The first-order valence-corrected chi connectivity index (χ1v) is 21.1. The molecule has 4 saturated heterocycles. The van der Waals surface area contributed by atoms with Crippen LogP contribution >= 0.6 is 0 Å². The minimum atomic E-state index is -1.37. The number of nitrogens with zero attached hydrogens (tertiary/aromatic N) is 8. The number of aromatic hydroxyl groups is 1. The van der Waals surface area contributed by atoms with Gasteiger partial charge in [-0.15, -0.1) is 10.2 Å². The van der Waals surface area contributed by atoms with Crippen molar-refractivity contribution < 1.29 is 28.6 Å². The number of ether oxygens (including phenoxy) is 1. The van der Waals surface area contributed by atoms with Crippen molar-refractivity contribution >= 4 is 46.1 Å². The third-order valence-electron chi connectivity index (χ3n) is 12.9. The molecule has 5 aromatic rings. The van der Waals surface area contributed by atoms with Crippen molar-refractivity contribution in [2.24, 2.45) is 0 Å². The van der Waals surface area contributed by atoms with E-state index in [0.29, 0.717) is 79.9 Å². The number of phenols is 1. The maximum Gasteiger partial charge on any atom is 0.328 e. The van der Waals surface area contributed by atoms with E-state index in [4.69, 9.17) is 15.5 Å². The maximum atomic E-state index is 16.4. The Morgan fingerprint density at radius 3 is 2.52 bits per heavy atom. The number of nitrogen functional groups attached to an aromatic ring is 1. The molecule has 4 amide bonds. The molecule has 61 heavy (non-hydrogen) atoms. The summed E-state index contributed by atoms with van der Waals surface area (Å²) < 4.78 is 24.8. The lowest BCUT2D eigenvalue weighted by molar-refractivity contribution is -0.120. The lowest BCUT2D eigenvalue weighted by Gasteiger charge is -2.41. The summed E-state index contributed by atoms with van der Waals surface area (Å²) in [6.45, 7) is 8.50. The SMILES string of the molecule is Cc1cc(C(=O)N2CCC(F)(CN3CCC(n4cc(C)c5cc(N6CCC(=O)NC6=O)cnc54)CC3)CC2)ccc1[C@@H]1CN(c2cc(-c3ccccc3O)nnc2N)CCO1. The number of para-hydroxylation sites is 1. The van der Waals surface area contributed by atoms with Crippen LogP contribution in [0.5, 0.6) is 5.75 Å². The van der Waals surface area contributed by atoms with E-state index in [0.717, 1.165) is 53.7 Å². The number of aromatic nitrogens is 4. The average molecular weight is 831 g/mol. The molecule has 4 aliphatic rings. The number of urea groups is 1. The first kappa shape index (κ1) is 40.3. The van der Waals surface area contributed by atoms with Gasteiger partial charge in [0.05, 0.1) is 29.9 Å². The van der Waals surface area contributed by atoms with Crippen LogP contribution in [-0.2, 0) is 9.53 Å². The van der Waals surface area contributed by atoms with Crippen LogP contribution in [0.3, 0.4) is 0 Å². The molecule has 2 aromatic carbocycles. The summed E-state index contributed by atoms with van der Waals surface area (Å²) in [6.07, 6.45) is 6.09. The third kappa shape index (κ3) is 8.09. The van der Waals surface area contributed by atoms with E-state index in [1.54, 1.807) is 34.2 Å². The smallest absolute Gasteiger partial charge is 0.328 e. The number of phenolic OH excluding ortho intramolecular Hbond substituents is 1. The number of nitrogens with two attached hydrogens (primary N) is 1. The van der Waals surface area contributed by atoms with Crippen LogP contribution in [-0.4, -0.2) is 117 Å². The van der Waals surface area contributed by atoms with Gasteiger partial charge in [0.15, 0.2) is 5.82 Å². The van der Waals surface area contributed by atoms with Crippen molar-refractivity contribution in [1.29, 1.82) is 0 Å². The molecule has 318 valence electrons. The van der Waals surface area contributed by atoms with Crippen LogP contribution in [0.4, 0.5) is 26.4 Å². The molecule has 1 atom stereocenters. The summed E-state index contributed by atoms with van der Waals surface area (Å²) >= 11 is 0. The van der Waals surface area contributed by atoms with E-state index < -0.39 is 11.7 Å². The van der Waals surface area contributed by atoms with Gasteiger partial charge in [-0.2, -0.15) is 0 Å². The number of alkyl halides is 1. The number of hydrogen-bond donors (Lipinski definition) is 3. The number of piperidine rings is 2. The first-order chi connectivity index (χ1) is 29.4. The molecule has 4 aliphatic heterocycles. The highest BCUT2D eigenvalue weighted by Gasteiger charge is 2.39. The fraction of sp³-hybridized carbons (Fsp3) is 0.422. The largest absolute Gasteiger partial charge is 0.507 e. The Morgan fingerprint density at radius 2 is 1.77 bits per heavy atom. The number of carbonyl (C=O) groups is 3. The van der Waals surface area contributed by atoms with E-state index in [1.807, 2.05) is 50.2 Å². The second-order valence-electron chi connectivity index (χ2n) is 16.9. The van der Waals surface area contributed by atoms with Crippen LogP contribution in [0.1, 0.15) is 71.3 Å². The van der Waals surface area contributed by atoms with Gasteiger partial charge in [0.25, 0.3) is 5.91 Å². The van der Waals surface area contributed by atoms with Crippen molar-refractivity contribution in [3.63, 3.8) is 0 Å². The molecule has 9 rings (SSSR count). The van der Waals surface area contributed by atoms with Crippen molar-refractivity contribution in [1.82, 2.24) is 34.9 Å². The monoisotopic (exact) mass is 830 g/mol. The molecule has 16 heteroatoms. The molecule has 4 fully saturated rings. The number of likely N-dealkylation sites (tertiary alicyclic amines) is 2. The predicted octanol–water partition coefficient (Wildman–Crippen LogP) is 5.70. The number of imide groups is 1. The van der Waals surface area contributed by atoms with Crippen LogP contribution in [0.15, 0.2) is 67.0 Å². The zero-order valence-corrected chi connectivity index (χ0v) is 34.5. The van der Waals surface area contributed by atoms with Gasteiger partial charge in [0.1, 0.15) is 23.2 Å². The normalized spacial score (nSPS) is 20.3. The number of amides is 4. The van der Waals surface area contributed by atoms with E-state index >= 15 is 4.39 Å². The maximum absolute atomic E-state index is 16.4. The highest BCUT2D eigenvalue weighted by atomic mass is 19.1. The number of nitrogens with one attached hydrogen (secondary N) is 1. The van der Waals surface area contributed by atoms with Gasteiger partial charge in [-0.25, -0.2) is 14.2 Å². The number of rotatable bonds is 8. The highest BCUT2D eigenvalue weighted by Crippen LogP contribution is 2.37. The van der Waals surface area contributed by atoms with E-state index in [-0.39, 0.29) is 49.0 Å². The summed E-state index contributed by atoms with van der Waals surface area (Å²) in [5.74, 6) is 0.0352. The lowest BCUT2D eigenvalue weighted by Crippen LogP contribution is -2.51. The average Bonchev–Trinajstić information content (AvgIpc) is 3.59. The number of aryl methyl sites for hydroxylation is 2. The van der Waals surface area contributed by atoms with Crippen LogP contribution in [0.2, 0.25) is 0 Å². The van der Waals surface area contributed by atoms with Crippen molar-refractivity contribution in [3.8, 4) is 17.0 Å². The number of benzene rings is 2. The minimum absolute atomic E-state index is 0.0969. The Hall–Kier alpha value is -6.13. The Balaban J connectivity index is 0.781. The molecular formula is C45H51FN10O5. The number of pyridine rings is 1. The number of halogens is 1. The number of anilines is 3. The zero-order valence-electron chi connectivity index (χ0n) is 34.5. The van der Waals surface area contributed by atoms with Gasteiger partial charge >= 0.3 is 6.03 Å².